The number of thioether (sulfide) groups is 1. The van der Waals surface area contributed by atoms with Gasteiger partial charge in [-0.2, -0.15) is 11.8 Å². The second kappa shape index (κ2) is 4.42. The van der Waals surface area contributed by atoms with Crippen LogP contribution in [0.1, 0.15) is 38.5 Å². The summed E-state index contributed by atoms with van der Waals surface area (Å²) in [5.74, 6) is 0. The summed E-state index contributed by atoms with van der Waals surface area (Å²) < 4.78 is 0.579. The maximum Gasteiger partial charge on any atom is 0.0541 e. The number of hydrogen-bond acceptors (Lipinski definition) is 3. The van der Waals surface area contributed by atoms with Crippen molar-refractivity contribution in [3.63, 3.8) is 0 Å². The molecular weight excluding hydrogens is 194 g/mol. The fourth-order valence-electron chi connectivity index (χ4n) is 2.20. The first-order valence-electron chi connectivity index (χ1n) is 5.71. The van der Waals surface area contributed by atoms with E-state index in [-0.39, 0.29) is 6.10 Å². The van der Waals surface area contributed by atoms with E-state index < -0.39 is 0 Å². The van der Waals surface area contributed by atoms with E-state index in [1.807, 2.05) is 11.8 Å². The van der Waals surface area contributed by atoms with Crippen LogP contribution in [0.3, 0.4) is 0 Å². The van der Waals surface area contributed by atoms with E-state index in [0.717, 1.165) is 25.7 Å². The fraction of sp³-hybridized carbons (Fsp3) is 1.00. The Kier molecular flexibility index (Phi) is 3.40. The van der Waals surface area contributed by atoms with Crippen LogP contribution in [0, 0.1) is 0 Å². The highest BCUT2D eigenvalue weighted by Gasteiger charge is 2.41. The number of hydrogen-bond donors (Lipinski definition) is 2. The van der Waals surface area contributed by atoms with Crippen molar-refractivity contribution in [1.29, 1.82) is 0 Å². The van der Waals surface area contributed by atoms with E-state index in [1.165, 1.54) is 19.4 Å². The molecule has 0 aromatic carbocycles. The van der Waals surface area contributed by atoms with Crippen molar-refractivity contribution in [2.24, 2.45) is 0 Å². The second-order valence-corrected chi connectivity index (χ2v) is 6.05. The van der Waals surface area contributed by atoms with Gasteiger partial charge in [0, 0.05) is 17.3 Å². The van der Waals surface area contributed by atoms with Crippen LogP contribution in [0.4, 0.5) is 0 Å². The third-order valence-electron chi connectivity index (χ3n) is 3.65. The molecule has 0 bridgehead atoms. The lowest BCUT2D eigenvalue weighted by Crippen LogP contribution is -2.38. The fourth-order valence-corrected chi connectivity index (χ4v) is 2.94. The lowest BCUT2D eigenvalue weighted by molar-refractivity contribution is 0.117. The van der Waals surface area contributed by atoms with E-state index >= 15 is 0 Å². The predicted octanol–water partition coefficient (Wildman–Crippen LogP) is 1.78. The topological polar surface area (TPSA) is 32.3 Å². The van der Waals surface area contributed by atoms with Crippen LogP contribution in [0.25, 0.3) is 0 Å². The molecule has 2 rings (SSSR count). The summed E-state index contributed by atoms with van der Waals surface area (Å²) >= 11 is 2.02. The summed E-state index contributed by atoms with van der Waals surface area (Å²) in [6, 6.07) is 0.669. The van der Waals surface area contributed by atoms with Crippen LogP contribution in [-0.2, 0) is 0 Å². The first-order chi connectivity index (χ1) is 6.74. The van der Waals surface area contributed by atoms with Crippen molar-refractivity contribution >= 4 is 11.8 Å². The molecule has 0 unspecified atom stereocenters. The first kappa shape index (κ1) is 10.8. The summed E-state index contributed by atoms with van der Waals surface area (Å²) in [7, 11) is 0. The lowest BCUT2D eigenvalue weighted by Gasteiger charge is -2.27. The molecule has 14 heavy (non-hydrogen) atoms. The molecule has 0 aromatic heterocycles. The van der Waals surface area contributed by atoms with Gasteiger partial charge in [0.15, 0.2) is 0 Å². The normalized spacial score (nSPS) is 35.6. The number of rotatable bonds is 4. The van der Waals surface area contributed by atoms with Gasteiger partial charge in [-0.3, -0.25) is 0 Å². The van der Waals surface area contributed by atoms with Gasteiger partial charge in [0.1, 0.15) is 0 Å². The van der Waals surface area contributed by atoms with Gasteiger partial charge in [-0.15, -0.1) is 0 Å². The molecular formula is C11H21NOS. The Morgan fingerprint density at radius 2 is 1.93 bits per heavy atom. The van der Waals surface area contributed by atoms with Crippen LogP contribution in [-0.4, -0.2) is 34.8 Å². The third kappa shape index (κ3) is 2.65. The van der Waals surface area contributed by atoms with Crippen molar-refractivity contribution in [1.82, 2.24) is 5.32 Å². The molecule has 0 spiro atoms. The molecule has 0 aromatic rings. The molecule has 0 aliphatic heterocycles. The van der Waals surface area contributed by atoms with Crippen LogP contribution >= 0.6 is 11.8 Å². The molecule has 82 valence electrons. The predicted molar refractivity (Wildman–Crippen MR) is 61.7 cm³/mol. The van der Waals surface area contributed by atoms with Gasteiger partial charge >= 0.3 is 0 Å². The van der Waals surface area contributed by atoms with Crippen molar-refractivity contribution < 1.29 is 5.11 Å². The minimum atomic E-state index is -0.0246. The third-order valence-corrected chi connectivity index (χ3v) is 5.07. The molecule has 2 aliphatic rings. The van der Waals surface area contributed by atoms with E-state index in [2.05, 4.69) is 11.6 Å². The van der Waals surface area contributed by atoms with Gasteiger partial charge in [-0.1, -0.05) is 0 Å². The van der Waals surface area contributed by atoms with Crippen molar-refractivity contribution in [2.75, 3.05) is 12.8 Å². The van der Waals surface area contributed by atoms with E-state index in [4.69, 9.17) is 0 Å². The van der Waals surface area contributed by atoms with Crippen molar-refractivity contribution in [3.05, 3.63) is 0 Å². The minimum absolute atomic E-state index is 0.0246. The van der Waals surface area contributed by atoms with Gasteiger partial charge in [0.25, 0.3) is 0 Å². The summed E-state index contributed by atoms with van der Waals surface area (Å²) in [4.78, 5) is 0. The first-order valence-corrected chi connectivity index (χ1v) is 6.93. The molecule has 2 saturated carbocycles. The Bertz CT molecular complexity index is 186. The maximum atomic E-state index is 9.38. The Balaban J connectivity index is 1.66. The molecule has 2 aliphatic carbocycles. The maximum absolute atomic E-state index is 9.38. The van der Waals surface area contributed by atoms with Gasteiger partial charge in [-0.25, -0.2) is 0 Å². The SMILES string of the molecule is CSC1(CNC2CCC(O)CC2)CC1. The number of aliphatic hydroxyl groups excluding tert-OH is 1. The van der Waals surface area contributed by atoms with Gasteiger partial charge in [0.05, 0.1) is 6.10 Å². The van der Waals surface area contributed by atoms with Gasteiger partial charge in [0.2, 0.25) is 0 Å². The van der Waals surface area contributed by atoms with E-state index in [9.17, 15) is 5.11 Å². The quantitative estimate of drug-likeness (QED) is 0.750. The van der Waals surface area contributed by atoms with E-state index in [1.54, 1.807) is 0 Å². The molecule has 0 atom stereocenters. The number of nitrogens with one attached hydrogen (secondary N) is 1. The molecule has 2 nitrogen and oxygen atoms in total. The highest BCUT2D eigenvalue weighted by Crippen LogP contribution is 2.46. The summed E-state index contributed by atoms with van der Waals surface area (Å²) in [5.41, 5.74) is 0. The Hall–Kier alpha value is 0.270. The van der Waals surface area contributed by atoms with Crippen molar-refractivity contribution in [2.45, 2.75) is 55.4 Å². The zero-order valence-corrected chi connectivity index (χ0v) is 9.78. The van der Waals surface area contributed by atoms with Crippen LogP contribution in [0.5, 0.6) is 0 Å². The average Bonchev–Trinajstić information content (AvgIpc) is 2.98. The zero-order chi connectivity index (χ0) is 10.0. The lowest BCUT2D eigenvalue weighted by atomic mass is 9.93. The van der Waals surface area contributed by atoms with Crippen molar-refractivity contribution in [3.8, 4) is 0 Å². The Morgan fingerprint density at radius 3 is 2.43 bits per heavy atom. The molecule has 2 N–H and O–H groups in total. The highest BCUT2D eigenvalue weighted by molar-refractivity contribution is 8.00. The van der Waals surface area contributed by atoms with Crippen LogP contribution < -0.4 is 5.32 Å². The van der Waals surface area contributed by atoms with E-state index in [0.29, 0.717) is 10.8 Å². The molecule has 0 heterocycles. The Morgan fingerprint density at radius 1 is 1.29 bits per heavy atom. The standard InChI is InChI=1S/C11H21NOS/c1-14-11(6-7-11)8-12-9-2-4-10(13)5-3-9/h9-10,12-13H,2-8H2,1H3. The molecule has 0 saturated heterocycles. The smallest absolute Gasteiger partial charge is 0.0541 e. The second-order valence-electron chi connectivity index (χ2n) is 4.77. The van der Waals surface area contributed by atoms with Crippen LogP contribution in [0.15, 0.2) is 0 Å². The van der Waals surface area contributed by atoms with Gasteiger partial charge < -0.3 is 10.4 Å². The van der Waals surface area contributed by atoms with Crippen LogP contribution in [0.2, 0.25) is 0 Å². The Labute approximate surface area is 90.8 Å². The minimum Gasteiger partial charge on any atom is -0.393 e. The monoisotopic (exact) mass is 215 g/mol. The zero-order valence-electron chi connectivity index (χ0n) is 8.96. The largest absolute Gasteiger partial charge is 0.393 e. The summed E-state index contributed by atoms with van der Waals surface area (Å²) in [5, 5.41) is 13.0. The molecule has 0 amide bonds. The summed E-state index contributed by atoms with van der Waals surface area (Å²) in [6.45, 7) is 1.18. The molecule has 3 heteroatoms. The average molecular weight is 215 g/mol. The highest BCUT2D eigenvalue weighted by atomic mass is 32.2. The van der Waals surface area contributed by atoms with Gasteiger partial charge in [-0.05, 0) is 44.8 Å². The molecule has 2 fully saturated rings. The molecule has 0 radical (unpaired) electrons. The summed E-state index contributed by atoms with van der Waals surface area (Å²) in [6.07, 6.45) is 9.26. The number of aliphatic hydroxyl groups is 1.